The van der Waals surface area contributed by atoms with E-state index >= 15 is 0 Å². The van der Waals surface area contributed by atoms with Gasteiger partial charge in [-0.3, -0.25) is 18.3 Å². The van der Waals surface area contributed by atoms with Crippen molar-refractivity contribution in [2.45, 2.75) is 40.2 Å². The summed E-state index contributed by atoms with van der Waals surface area (Å²) in [6.07, 6.45) is 0. The van der Waals surface area contributed by atoms with E-state index in [1.54, 1.807) is 47.0 Å². The van der Waals surface area contributed by atoms with Gasteiger partial charge < -0.3 is 9.97 Å². The van der Waals surface area contributed by atoms with E-state index in [0.29, 0.717) is 45.9 Å². The van der Waals surface area contributed by atoms with E-state index in [0.717, 1.165) is 197 Å². The van der Waals surface area contributed by atoms with Crippen molar-refractivity contribution < 1.29 is 0 Å². The lowest BCUT2D eigenvalue weighted by Gasteiger charge is -2.13. The van der Waals surface area contributed by atoms with Crippen LogP contribution in [0.25, 0.3) is 202 Å². The summed E-state index contributed by atoms with van der Waals surface area (Å²) >= 11 is 6.33. The van der Waals surface area contributed by atoms with Gasteiger partial charge in [-0.1, -0.05) is 362 Å². The van der Waals surface area contributed by atoms with Gasteiger partial charge in [0.1, 0.15) is 22.6 Å². The topological polar surface area (TPSA) is 180 Å². The smallest absolute Gasteiger partial charge is 0.178 e. The predicted octanol–water partition coefficient (Wildman–Crippen LogP) is 29.6. The van der Waals surface area contributed by atoms with Crippen molar-refractivity contribution in [2.24, 2.45) is 0 Å². The zero-order valence-electron chi connectivity index (χ0n) is 72.5. The standard InChI is InChI=1S/C116H74N16S4/c1-13-37-73(38-14-1)97-101(77-45-21-5-22-46-77)129(81-53-29-9-30-54-81)113(117-97)133-85-61-65-89-93(69-85)109-121-105(89)126-110-95-71-87(135-115-119-99(75-41-17-3-18-42-75)103(79-49-25-7-26-50-79)131(115)83-57-33-11-34-58-83)63-67-91(95)107(123-110)128-112-96-72-88(136-116-120-100(76-43-19-4-20-44-76)104(80-51-27-8-28-52-80)132(116)84-59-35-12-36-60-84)64-68-92(96)108(124-112)127-111-94-70-86(62-66-90(94)106(122-111)125-109)134-114-118-98(74-39-15-2-16-40-74)102(78-47-23-6-24-48-78)130(114)82-55-31-10-32-56-82/h1-72H,(H2,121,122,123,124,125,126,127,128). The third-order valence-corrected chi connectivity index (χ3v) is 28.2. The Balaban J connectivity index is 0.723. The Morgan fingerprint density at radius 1 is 0.169 bits per heavy atom. The number of benzene rings is 16. The van der Waals surface area contributed by atoms with Crippen molar-refractivity contribution in [3.63, 3.8) is 0 Å². The lowest BCUT2D eigenvalue weighted by atomic mass is 10.0. The third-order valence-electron chi connectivity index (χ3n) is 24.4. The molecule has 2 N–H and O–H groups in total. The van der Waals surface area contributed by atoms with Crippen molar-refractivity contribution >= 4 is 91.2 Å². The molecule has 8 bridgehead atoms. The van der Waals surface area contributed by atoms with Crippen LogP contribution < -0.4 is 0 Å². The number of aromatic amines is 2. The van der Waals surface area contributed by atoms with Crippen molar-refractivity contribution in [1.82, 2.24) is 78.1 Å². The molecule has 0 saturated carbocycles. The van der Waals surface area contributed by atoms with Gasteiger partial charge in [-0.15, -0.1) is 0 Å². The minimum Gasteiger partial charge on any atom is -0.324 e. The van der Waals surface area contributed by atoms with Crippen molar-refractivity contribution in [2.75, 3.05) is 0 Å². The van der Waals surface area contributed by atoms with Crippen molar-refractivity contribution in [1.29, 1.82) is 0 Å². The first-order chi connectivity index (χ1) is 67.4. The maximum atomic E-state index is 5.77. The Morgan fingerprint density at radius 2 is 0.375 bits per heavy atom. The van der Waals surface area contributed by atoms with Crippen LogP contribution in [0.2, 0.25) is 0 Å². The van der Waals surface area contributed by atoms with Crippen LogP contribution in [0.1, 0.15) is 0 Å². The molecule has 16 aromatic carbocycles. The average molecular weight is 1820 g/mol. The number of H-pyrrole nitrogens is 2. The second kappa shape index (κ2) is 35.0. The van der Waals surface area contributed by atoms with Crippen LogP contribution in [0.4, 0.5) is 0 Å². The molecule has 0 aliphatic carbocycles. The number of imidazole rings is 4. The Kier molecular flexibility index (Phi) is 20.9. The number of hydrogen-bond donors (Lipinski definition) is 2. The van der Waals surface area contributed by atoms with Crippen molar-refractivity contribution in [3.8, 4) is 158 Å². The molecule has 0 amide bonds. The molecule has 0 radical (unpaired) electrons. The minimum absolute atomic E-state index is 0.432. The van der Waals surface area contributed by atoms with Gasteiger partial charge in [0, 0.05) is 131 Å². The fraction of sp³-hybridized carbons (Fsp3) is 0. The summed E-state index contributed by atoms with van der Waals surface area (Å²) in [4.78, 5) is 68.2. The number of nitrogens with zero attached hydrogens (tertiary/aromatic N) is 14. The molecule has 136 heavy (non-hydrogen) atoms. The van der Waals surface area contributed by atoms with E-state index < -0.39 is 0 Å². The second-order valence-corrected chi connectivity index (χ2v) is 37.0. The highest BCUT2D eigenvalue weighted by Gasteiger charge is 2.32. The lowest BCUT2D eigenvalue weighted by Crippen LogP contribution is -1.99. The van der Waals surface area contributed by atoms with Gasteiger partial charge >= 0.3 is 0 Å². The normalized spacial score (nSPS) is 11.6. The maximum Gasteiger partial charge on any atom is 0.178 e. The van der Waals surface area contributed by atoms with Gasteiger partial charge in [-0.05, 0) is 121 Å². The first-order valence-electron chi connectivity index (χ1n) is 44.7. The van der Waals surface area contributed by atoms with E-state index in [-0.39, 0.29) is 0 Å². The molecule has 0 saturated heterocycles. The average Bonchev–Trinajstić information content (AvgIpc) is 1.59. The van der Waals surface area contributed by atoms with Crippen LogP contribution in [0, 0.1) is 0 Å². The van der Waals surface area contributed by atoms with Gasteiger partial charge in [-0.25, -0.2) is 49.8 Å². The van der Waals surface area contributed by atoms with Crippen LogP contribution in [-0.4, -0.2) is 78.1 Å². The van der Waals surface area contributed by atoms with Crippen LogP contribution >= 0.6 is 47.0 Å². The molecule has 0 fully saturated rings. The Bertz CT molecular complexity index is 8160. The highest BCUT2D eigenvalue weighted by atomic mass is 32.2. The van der Waals surface area contributed by atoms with Gasteiger partial charge in [0.15, 0.2) is 43.9 Å². The summed E-state index contributed by atoms with van der Waals surface area (Å²) in [6, 6.07) is 152. The van der Waals surface area contributed by atoms with Gasteiger partial charge in [-0.2, -0.15) is 0 Å². The molecule has 20 heteroatoms. The molecule has 0 atom stereocenters. The van der Waals surface area contributed by atoms with E-state index in [4.69, 9.17) is 49.8 Å². The molecule has 2 aliphatic rings. The molecule has 642 valence electrons. The molecule has 2 aliphatic heterocycles. The summed E-state index contributed by atoms with van der Waals surface area (Å²) in [5.74, 6) is 1.74. The number of nitrogens with one attached hydrogen (secondary N) is 2. The molecule has 23 aromatic rings. The van der Waals surface area contributed by atoms with Gasteiger partial charge in [0.25, 0.3) is 0 Å². The van der Waals surface area contributed by atoms with E-state index in [2.05, 4.69) is 416 Å². The van der Waals surface area contributed by atoms with E-state index in [9.17, 15) is 0 Å². The Hall–Kier alpha value is -16.9. The molecule has 0 unspecified atom stereocenters. The van der Waals surface area contributed by atoms with Gasteiger partial charge in [0.05, 0.1) is 45.6 Å². The first-order valence-corrected chi connectivity index (χ1v) is 47.9. The van der Waals surface area contributed by atoms with E-state index in [1.165, 1.54) is 0 Å². The molecule has 7 aromatic heterocycles. The summed E-state index contributed by atoms with van der Waals surface area (Å²) in [5.41, 5.74) is 24.5. The van der Waals surface area contributed by atoms with Crippen LogP contribution in [0.15, 0.2) is 477 Å². The molecular weight excluding hydrogens is 1750 g/mol. The van der Waals surface area contributed by atoms with Crippen LogP contribution in [0.5, 0.6) is 0 Å². The lowest BCUT2D eigenvalue weighted by molar-refractivity contribution is 0.901. The molecule has 0 spiro atoms. The summed E-state index contributed by atoms with van der Waals surface area (Å²) in [5, 5.41) is 6.24. The van der Waals surface area contributed by atoms with Crippen LogP contribution in [-0.2, 0) is 0 Å². The number of para-hydroxylation sites is 4. The fourth-order valence-corrected chi connectivity index (χ4v) is 22.0. The molecule has 9 heterocycles. The summed E-state index contributed by atoms with van der Waals surface area (Å²) in [6.45, 7) is 0. The second-order valence-electron chi connectivity index (χ2n) is 32.8. The van der Waals surface area contributed by atoms with E-state index in [1.807, 2.05) is 48.5 Å². The molecular formula is C116H74N16S4. The minimum atomic E-state index is 0.432. The zero-order valence-corrected chi connectivity index (χ0v) is 75.7. The quantitative estimate of drug-likeness (QED) is 0.0736. The van der Waals surface area contributed by atoms with Gasteiger partial charge in [0.2, 0.25) is 0 Å². The SMILES string of the molecule is c1ccc(-c2nc(Sc3ccc4c(c3)-c3nc-4nc4[nH]c(nc5nc(nc6[nH]c(n3)c3ccc(Sc7nc(-c8ccccc8)c(-c8ccccc8)n7-c7ccccc7)cc63)-c3ccc(Sc6nc(-c7ccccc7)c(-c7ccccc7)n6-c6ccccc6)cc3-5)c3ccc(Sc5nc(-c6ccccc6)c(-c6ccccc6)n5-c5ccccc5)cc43)n(-c3ccccc3)c2-c2ccccc2)cc1. The largest absolute Gasteiger partial charge is 0.324 e. The Labute approximate surface area is 798 Å². The van der Waals surface area contributed by atoms with Crippen molar-refractivity contribution in [3.05, 3.63) is 437 Å². The maximum absolute atomic E-state index is 5.77. The number of aromatic nitrogens is 16. The Morgan fingerprint density at radius 3 is 0.625 bits per heavy atom. The highest BCUT2D eigenvalue weighted by molar-refractivity contribution is 8.00. The molecule has 25 rings (SSSR count). The monoisotopic (exact) mass is 1820 g/mol. The number of hydrogen-bond acceptors (Lipinski definition) is 14. The predicted molar refractivity (Wildman–Crippen MR) is 550 cm³/mol. The fourth-order valence-electron chi connectivity index (χ4n) is 18.2. The highest BCUT2D eigenvalue weighted by Crippen LogP contribution is 2.50. The zero-order chi connectivity index (χ0) is 89.9. The summed E-state index contributed by atoms with van der Waals surface area (Å²) in [7, 11) is 0. The third kappa shape index (κ3) is 15.1. The molecule has 16 nitrogen and oxygen atoms in total. The number of fused-ring (bicyclic) bond motifs is 20. The number of rotatable bonds is 20. The first kappa shape index (κ1) is 81.1. The van der Waals surface area contributed by atoms with Crippen LogP contribution in [0.3, 0.4) is 0 Å². The summed E-state index contributed by atoms with van der Waals surface area (Å²) < 4.78 is 9.11.